The molecule has 1 aliphatic heterocycles. The number of alkyl carbamates (subject to hydrolysis) is 1. The van der Waals surface area contributed by atoms with Crippen LogP contribution >= 0.6 is 0 Å². The van der Waals surface area contributed by atoms with E-state index in [2.05, 4.69) is 5.32 Å². The third-order valence-electron chi connectivity index (χ3n) is 4.40. The average Bonchev–Trinajstić information content (AvgIpc) is 2.95. The van der Waals surface area contributed by atoms with Crippen molar-refractivity contribution >= 4 is 17.9 Å². The van der Waals surface area contributed by atoms with E-state index in [-0.39, 0.29) is 25.0 Å². The number of ether oxygens (including phenoxy) is 3. The molecular formula is C21H31N3O6. The summed E-state index contributed by atoms with van der Waals surface area (Å²) in [5, 5.41) is 2.48. The maximum absolute atomic E-state index is 12.5. The van der Waals surface area contributed by atoms with Crippen molar-refractivity contribution in [2.24, 2.45) is 0 Å². The summed E-state index contributed by atoms with van der Waals surface area (Å²) in [4.78, 5) is 40.0. The number of para-hydroxylation sites is 2. The highest BCUT2D eigenvalue weighted by Gasteiger charge is 2.23. The number of carbonyl (C=O) groups is 3. The molecule has 1 saturated heterocycles. The summed E-state index contributed by atoms with van der Waals surface area (Å²) in [6.45, 7) is 6.89. The van der Waals surface area contributed by atoms with Gasteiger partial charge in [0.1, 0.15) is 12.1 Å². The number of amides is 3. The van der Waals surface area contributed by atoms with E-state index < -0.39 is 11.7 Å². The molecule has 1 heterocycles. The molecule has 3 amide bonds. The molecule has 9 nitrogen and oxygen atoms in total. The molecule has 0 bridgehead atoms. The summed E-state index contributed by atoms with van der Waals surface area (Å²) < 4.78 is 16.0. The molecule has 0 aromatic heterocycles. The number of hydrogen-bond donors (Lipinski definition) is 1. The van der Waals surface area contributed by atoms with Gasteiger partial charge in [-0.2, -0.15) is 0 Å². The zero-order valence-electron chi connectivity index (χ0n) is 18.1. The van der Waals surface area contributed by atoms with E-state index in [9.17, 15) is 14.4 Å². The van der Waals surface area contributed by atoms with Crippen molar-refractivity contribution in [2.75, 3.05) is 46.4 Å². The lowest BCUT2D eigenvalue weighted by molar-refractivity contribution is -0.134. The lowest BCUT2D eigenvalue weighted by atomic mass is 10.2. The van der Waals surface area contributed by atoms with Crippen molar-refractivity contribution in [1.29, 1.82) is 0 Å². The molecule has 1 aromatic carbocycles. The van der Waals surface area contributed by atoms with Crippen LogP contribution in [0.2, 0.25) is 0 Å². The Labute approximate surface area is 177 Å². The van der Waals surface area contributed by atoms with Gasteiger partial charge in [-0.25, -0.2) is 4.79 Å². The predicted molar refractivity (Wildman–Crippen MR) is 111 cm³/mol. The third kappa shape index (κ3) is 7.46. The Morgan fingerprint density at radius 1 is 0.967 bits per heavy atom. The fourth-order valence-corrected chi connectivity index (χ4v) is 2.96. The second-order valence-corrected chi connectivity index (χ2v) is 7.91. The number of benzene rings is 1. The van der Waals surface area contributed by atoms with Gasteiger partial charge in [0.15, 0.2) is 18.1 Å². The van der Waals surface area contributed by atoms with E-state index in [1.54, 1.807) is 49.8 Å². The van der Waals surface area contributed by atoms with Crippen molar-refractivity contribution in [3.05, 3.63) is 24.3 Å². The Hall–Kier alpha value is -2.97. The van der Waals surface area contributed by atoms with Crippen LogP contribution in [-0.4, -0.2) is 79.7 Å². The Morgan fingerprint density at radius 3 is 2.17 bits per heavy atom. The van der Waals surface area contributed by atoms with Gasteiger partial charge in [-0.05, 0) is 39.3 Å². The number of methoxy groups -OCH3 is 1. The molecular weight excluding hydrogens is 390 g/mol. The number of nitrogens with zero attached hydrogens (tertiary/aromatic N) is 2. The van der Waals surface area contributed by atoms with Crippen LogP contribution in [0.25, 0.3) is 0 Å². The second-order valence-electron chi connectivity index (χ2n) is 7.91. The first-order valence-corrected chi connectivity index (χ1v) is 9.98. The van der Waals surface area contributed by atoms with Gasteiger partial charge >= 0.3 is 6.09 Å². The van der Waals surface area contributed by atoms with E-state index >= 15 is 0 Å². The minimum Gasteiger partial charge on any atom is -0.493 e. The number of nitrogens with one attached hydrogen (secondary N) is 1. The van der Waals surface area contributed by atoms with Crippen LogP contribution in [-0.2, 0) is 14.3 Å². The Kier molecular flexibility index (Phi) is 8.32. The first kappa shape index (κ1) is 23.3. The molecule has 30 heavy (non-hydrogen) atoms. The van der Waals surface area contributed by atoms with Gasteiger partial charge in [-0.1, -0.05) is 12.1 Å². The van der Waals surface area contributed by atoms with Crippen LogP contribution in [0.5, 0.6) is 11.5 Å². The average molecular weight is 421 g/mol. The maximum atomic E-state index is 12.5. The van der Waals surface area contributed by atoms with Gasteiger partial charge < -0.3 is 29.3 Å². The zero-order valence-corrected chi connectivity index (χ0v) is 18.1. The van der Waals surface area contributed by atoms with Crippen LogP contribution in [0.4, 0.5) is 4.79 Å². The molecule has 9 heteroatoms. The first-order valence-electron chi connectivity index (χ1n) is 9.98. The molecule has 166 valence electrons. The van der Waals surface area contributed by atoms with E-state index in [1.165, 1.54) is 0 Å². The summed E-state index contributed by atoms with van der Waals surface area (Å²) in [7, 11) is 1.54. The zero-order chi connectivity index (χ0) is 22.1. The Morgan fingerprint density at radius 2 is 1.57 bits per heavy atom. The van der Waals surface area contributed by atoms with E-state index in [0.29, 0.717) is 44.1 Å². The van der Waals surface area contributed by atoms with Gasteiger partial charge in [-0.3, -0.25) is 9.59 Å². The molecule has 2 rings (SSSR count). The molecule has 0 unspecified atom stereocenters. The minimum absolute atomic E-state index is 0.103. The van der Waals surface area contributed by atoms with Crippen molar-refractivity contribution in [3.8, 4) is 11.5 Å². The van der Waals surface area contributed by atoms with Gasteiger partial charge in [-0.15, -0.1) is 0 Å². The van der Waals surface area contributed by atoms with Crippen LogP contribution < -0.4 is 14.8 Å². The topological polar surface area (TPSA) is 97.4 Å². The monoisotopic (exact) mass is 421 g/mol. The normalized spacial score (nSPS) is 14.5. The fraction of sp³-hybridized carbons (Fsp3) is 0.571. The summed E-state index contributed by atoms with van der Waals surface area (Å²) in [5.41, 5.74) is -0.623. The summed E-state index contributed by atoms with van der Waals surface area (Å²) >= 11 is 0. The Bertz CT molecular complexity index is 747. The largest absolute Gasteiger partial charge is 0.493 e. The minimum atomic E-state index is -0.629. The van der Waals surface area contributed by atoms with Crippen LogP contribution in [0.15, 0.2) is 24.3 Å². The number of rotatable bonds is 6. The van der Waals surface area contributed by atoms with Crippen molar-refractivity contribution in [3.63, 3.8) is 0 Å². The second kappa shape index (κ2) is 10.7. The molecule has 0 saturated carbocycles. The number of carbonyl (C=O) groups excluding carboxylic acids is 3. The van der Waals surface area contributed by atoms with Gasteiger partial charge in [0.05, 0.1) is 7.11 Å². The van der Waals surface area contributed by atoms with Crippen molar-refractivity contribution < 1.29 is 28.6 Å². The summed E-state index contributed by atoms with van der Waals surface area (Å²) in [6, 6.07) is 7.14. The summed E-state index contributed by atoms with van der Waals surface area (Å²) in [5.74, 6) is 0.714. The molecule has 0 atom stereocenters. The molecule has 1 N–H and O–H groups in total. The van der Waals surface area contributed by atoms with Crippen molar-refractivity contribution in [2.45, 2.75) is 32.8 Å². The van der Waals surface area contributed by atoms with E-state index in [1.807, 2.05) is 12.1 Å². The molecule has 1 fully saturated rings. The predicted octanol–water partition coefficient (Wildman–Crippen LogP) is 1.66. The van der Waals surface area contributed by atoms with E-state index in [0.717, 1.165) is 0 Å². The lowest BCUT2D eigenvalue weighted by Gasteiger charge is -2.23. The smallest absolute Gasteiger partial charge is 0.408 e. The molecule has 0 spiro atoms. The fourth-order valence-electron chi connectivity index (χ4n) is 2.96. The number of hydrogen-bond acceptors (Lipinski definition) is 6. The van der Waals surface area contributed by atoms with Crippen LogP contribution in [0, 0.1) is 0 Å². The highest BCUT2D eigenvalue weighted by atomic mass is 16.6. The summed E-state index contributed by atoms with van der Waals surface area (Å²) in [6.07, 6.45) is 0.0226. The first-order chi connectivity index (χ1) is 14.2. The molecule has 0 aliphatic carbocycles. The molecule has 0 radical (unpaired) electrons. The highest BCUT2D eigenvalue weighted by Crippen LogP contribution is 2.25. The van der Waals surface area contributed by atoms with Gasteiger partial charge in [0, 0.05) is 26.2 Å². The van der Waals surface area contributed by atoms with Crippen molar-refractivity contribution in [1.82, 2.24) is 15.1 Å². The quantitative estimate of drug-likeness (QED) is 0.750. The standard InChI is InChI=1S/C21H31N3O6/c1-21(2,3)30-20(27)22-14-18(25)23-10-7-11-24(13-12-23)19(26)15-29-17-9-6-5-8-16(17)28-4/h5-6,8-9H,7,10-15H2,1-4H3,(H,22,27). The molecule has 1 aliphatic rings. The third-order valence-corrected chi connectivity index (χ3v) is 4.40. The lowest BCUT2D eigenvalue weighted by Crippen LogP contribution is -2.44. The van der Waals surface area contributed by atoms with Crippen LogP contribution in [0.1, 0.15) is 27.2 Å². The SMILES string of the molecule is COc1ccccc1OCC(=O)N1CCCN(C(=O)CNC(=O)OC(C)(C)C)CC1. The van der Waals surface area contributed by atoms with Crippen LogP contribution in [0.3, 0.4) is 0 Å². The van der Waals surface area contributed by atoms with Gasteiger partial charge in [0.25, 0.3) is 5.91 Å². The van der Waals surface area contributed by atoms with E-state index in [4.69, 9.17) is 14.2 Å². The van der Waals surface area contributed by atoms with Gasteiger partial charge in [0.2, 0.25) is 5.91 Å². The maximum Gasteiger partial charge on any atom is 0.408 e. The Balaban J connectivity index is 1.79. The highest BCUT2D eigenvalue weighted by molar-refractivity contribution is 5.82. The molecule has 1 aromatic rings.